The molecular formula is C7H13NO4. The lowest BCUT2D eigenvalue weighted by atomic mass is 10.0. The molecule has 3 N–H and O–H groups in total. The second-order valence-corrected chi connectivity index (χ2v) is 2.88. The third-order valence-corrected chi connectivity index (χ3v) is 2.07. The van der Waals surface area contributed by atoms with Crippen LogP contribution in [-0.2, 0) is 4.79 Å². The summed E-state index contributed by atoms with van der Waals surface area (Å²) in [7, 11) is 0. The van der Waals surface area contributed by atoms with Gasteiger partial charge in [0, 0.05) is 13.1 Å². The number of aliphatic hydroxyl groups is 3. The van der Waals surface area contributed by atoms with Crippen LogP contribution in [-0.4, -0.2) is 57.5 Å². The van der Waals surface area contributed by atoms with E-state index in [0.717, 1.165) is 0 Å². The molecule has 0 unspecified atom stereocenters. The molecular weight excluding hydrogens is 162 g/mol. The van der Waals surface area contributed by atoms with E-state index in [1.54, 1.807) is 6.92 Å². The van der Waals surface area contributed by atoms with Crippen LogP contribution in [0.25, 0.3) is 0 Å². The number of rotatable bonds is 1. The molecule has 0 radical (unpaired) electrons. The summed E-state index contributed by atoms with van der Waals surface area (Å²) in [6.07, 6.45) is -3.87. The van der Waals surface area contributed by atoms with Crippen LogP contribution in [0.15, 0.2) is 0 Å². The highest BCUT2D eigenvalue weighted by atomic mass is 16.4. The van der Waals surface area contributed by atoms with Crippen molar-refractivity contribution in [2.45, 2.75) is 25.2 Å². The summed E-state index contributed by atoms with van der Waals surface area (Å²) in [5, 5.41) is 27.4. The van der Waals surface area contributed by atoms with Gasteiger partial charge in [-0.25, -0.2) is 0 Å². The van der Waals surface area contributed by atoms with E-state index in [0.29, 0.717) is 6.54 Å². The summed E-state index contributed by atoms with van der Waals surface area (Å²) in [5.41, 5.74) is 0. The monoisotopic (exact) mass is 175 g/mol. The maximum absolute atomic E-state index is 11.1. The van der Waals surface area contributed by atoms with Crippen molar-refractivity contribution in [1.82, 2.24) is 4.90 Å². The number of β-amino-alcohol motifs (C(OH)–C–C–N with tert-alkyl or cyclic N) is 1. The van der Waals surface area contributed by atoms with Gasteiger partial charge in [-0.2, -0.15) is 0 Å². The van der Waals surface area contributed by atoms with E-state index >= 15 is 0 Å². The van der Waals surface area contributed by atoms with Crippen molar-refractivity contribution in [1.29, 1.82) is 0 Å². The van der Waals surface area contributed by atoms with Crippen LogP contribution < -0.4 is 0 Å². The number of carbonyl (C=O) groups excluding carboxylic acids is 1. The highest BCUT2D eigenvalue weighted by Gasteiger charge is 2.39. The van der Waals surface area contributed by atoms with Gasteiger partial charge in [0.1, 0.15) is 12.2 Å². The minimum Gasteiger partial charge on any atom is -0.388 e. The highest BCUT2D eigenvalue weighted by molar-refractivity contribution is 5.82. The van der Waals surface area contributed by atoms with Gasteiger partial charge < -0.3 is 20.2 Å². The van der Waals surface area contributed by atoms with E-state index in [2.05, 4.69) is 0 Å². The molecule has 0 aromatic rings. The molecule has 1 saturated heterocycles. The maximum Gasteiger partial charge on any atom is 0.254 e. The fraction of sp³-hybridized carbons (Fsp3) is 0.857. The Morgan fingerprint density at radius 2 is 2.08 bits per heavy atom. The van der Waals surface area contributed by atoms with Gasteiger partial charge in [-0.15, -0.1) is 0 Å². The lowest BCUT2D eigenvalue weighted by Crippen LogP contribution is -2.58. The first-order valence-corrected chi connectivity index (χ1v) is 3.91. The molecule has 0 saturated carbocycles. The molecule has 5 nitrogen and oxygen atoms in total. The first kappa shape index (κ1) is 9.44. The zero-order chi connectivity index (χ0) is 9.30. The molecule has 0 aromatic carbocycles. The maximum atomic E-state index is 11.1. The molecule has 1 aliphatic rings. The zero-order valence-corrected chi connectivity index (χ0v) is 6.84. The SMILES string of the molecule is CCN1C[C@@H](O)[C@@H](O)[C@@H](O)C1=O. The van der Waals surface area contributed by atoms with E-state index < -0.39 is 24.2 Å². The molecule has 0 bridgehead atoms. The normalized spacial score (nSPS) is 37.2. The molecule has 0 spiro atoms. The molecule has 1 amide bonds. The highest BCUT2D eigenvalue weighted by Crippen LogP contribution is 2.12. The van der Waals surface area contributed by atoms with Gasteiger partial charge in [-0.3, -0.25) is 4.79 Å². The van der Waals surface area contributed by atoms with Crippen molar-refractivity contribution in [2.75, 3.05) is 13.1 Å². The van der Waals surface area contributed by atoms with Crippen molar-refractivity contribution in [3.63, 3.8) is 0 Å². The number of hydrogen-bond acceptors (Lipinski definition) is 4. The van der Waals surface area contributed by atoms with Crippen molar-refractivity contribution in [2.24, 2.45) is 0 Å². The Hall–Kier alpha value is -0.650. The molecule has 0 aliphatic carbocycles. The molecule has 1 aliphatic heterocycles. The number of likely N-dealkylation sites (tertiary alicyclic amines) is 1. The molecule has 5 heteroatoms. The smallest absolute Gasteiger partial charge is 0.254 e. The Bertz CT molecular complexity index is 180. The van der Waals surface area contributed by atoms with Crippen molar-refractivity contribution < 1.29 is 20.1 Å². The quantitative estimate of drug-likeness (QED) is 0.427. The number of piperidine rings is 1. The minimum atomic E-state index is -1.48. The second kappa shape index (κ2) is 3.38. The fourth-order valence-electron chi connectivity index (χ4n) is 1.25. The van der Waals surface area contributed by atoms with Crippen LogP contribution in [0.3, 0.4) is 0 Å². The van der Waals surface area contributed by atoms with Crippen LogP contribution >= 0.6 is 0 Å². The van der Waals surface area contributed by atoms with Crippen LogP contribution in [0.1, 0.15) is 6.92 Å². The van der Waals surface area contributed by atoms with E-state index in [-0.39, 0.29) is 6.54 Å². The summed E-state index contributed by atoms with van der Waals surface area (Å²) in [6.45, 7) is 2.27. The number of aliphatic hydroxyl groups excluding tert-OH is 3. The number of hydrogen-bond donors (Lipinski definition) is 3. The standard InChI is InChI=1S/C7H13NO4/c1-2-8-3-4(9)5(10)6(11)7(8)12/h4-6,9-11H,2-3H2,1H3/t4-,5-,6-/m1/s1. The van der Waals surface area contributed by atoms with E-state index in [1.807, 2.05) is 0 Å². The number of carbonyl (C=O) groups is 1. The second-order valence-electron chi connectivity index (χ2n) is 2.88. The first-order chi connectivity index (χ1) is 5.57. The van der Waals surface area contributed by atoms with Gasteiger partial charge in [0.05, 0.1) is 0 Å². The average molecular weight is 175 g/mol. The van der Waals surface area contributed by atoms with Gasteiger partial charge >= 0.3 is 0 Å². The zero-order valence-electron chi connectivity index (χ0n) is 6.84. The third-order valence-electron chi connectivity index (χ3n) is 2.07. The summed E-state index contributed by atoms with van der Waals surface area (Å²) in [4.78, 5) is 12.4. The van der Waals surface area contributed by atoms with E-state index in [9.17, 15) is 4.79 Å². The summed E-state index contributed by atoms with van der Waals surface area (Å²) < 4.78 is 0. The van der Waals surface area contributed by atoms with Gasteiger partial charge in [0.15, 0.2) is 6.10 Å². The van der Waals surface area contributed by atoms with Crippen molar-refractivity contribution in [3.8, 4) is 0 Å². The van der Waals surface area contributed by atoms with E-state index in [1.165, 1.54) is 4.90 Å². The minimum absolute atomic E-state index is 0.0908. The lowest BCUT2D eigenvalue weighted by Gasteiger charge is -2.35. The molecule has 1 heterocycles. The average Bonchev–Trinajstić information content (AvgIpc) is 2.08. The summed E-state index contributed by atoms with van der Waals surface area (Å²) in [6, 6.07) is 0. The van der Waals surface area contributed by atoms with Gasteiger partial charge in [0.25, 0.3) is 5.91 Å². The summed E-state index contributed by atoms with van der Waals surface area (Å²) >= 11 is 0. The van der Waals surface area contributed by atoms with Gasteiger partial charge in [0.2, 0.25) is 0 Å². The predicted molar refractivity (Wildman–Crippen MR) is 40.3 cm³/mol. The first-order valence-electron chi connectivity index (χ1n) is 3.91. The molecule has 12 heavy (non-hydrogen) atoms. The van der Waals surface area contributed by atoms with E-state index in [4.69, 9.17) is 15.3 Å². The Kier molecular flexibility index (Phi) is 2.66. The largest absolute Gasteiger partial charge is 0.388 e. The topological polar surface area (TPSA) is 81.0 Å². The van der Waals surface area contributed by atoms with Gasteiger partial charge in [-0.1, -0.05) is 0 Å². The Balaban J connectivity index is 2.70. The third kappa shape index (κ3) is 1.43. The molecule has 1 fully saturated rings. The fourth-order valence-corrected chi connectivity index (χ4v) is 1.25. The summed E-state index contributed by atoms with van der Waals surface area (Å²) in [5.74, 6) is -0.518. The Morgan fingerprint density at radius 1 is 1.50 bits per heavy atom. The van der Waals surface area contributed by atoms with Crippen LogP contribution in [0, 0.1) is 0 Å². The van der Waals surface area contributed by atoms with Gasteiger partial charge in [-0.05, 0) is 6.92 Å². The molecule has 1 rings (SSSR count). The Labute approximate surface area is 70.2 Å². The van der Waals surface area contributed by atoms with Crippen LogP contribution in [0.5, 0.6) is 0 Å². The molecule has 3 atom stereocenters. The van der Waals surface area contributed by atoms with Crippen LogP contribution in [0.4, 0.5) is 0 Å². The van der Waals surface area contributed by atoms with Crippen molar-refractivity contribution in [3.05, 3.63) is 0 Å². The number of nitrogens with zero attached hydrogens (tertiary/aromatic N) is 1. The van der Waals surface area contributed by atoms with Crippen LogP contribution in [0.2, 0.25) is 0 Å². The Morgan fingerprint density at radius 3 is 2.58 bits per heavy atom. The number of likely N-dealkylation sites (N-methyl/N-ethyl adjacent to an activating group) is 1. The lowest BCUT2D eigenvalue weighted by molar-refractivity contribution is -0.165. The molecule has 0 aromatic heterocycles. The molecule has 70 valence electrons. The predicted octanol–water partition coefficient (Wildman–Crippen LogP) is -2.07. The van der Waals surface area contributed by atoms with Crippen molar-refractivity contribution >= 4 is 5.91 Å². The number of amides is 1.